The third-order valence-corrected chi connectivity index (χ3v) is 3.35. The molecule has 2 aromatic rings. The van der Waals surface area contributed by atoms with Crippen molar-refractivity contribution in [2.24, 2.45) is 0 Å². The molecule has 2 aromatic heterocycles. The summed E-state index contributed by atoms with van der Waals surface area (Å²) in [6.45, 7) is 0.741. The van der Waals surface area contributed by atoms with Gasteiger partial charge in [0.15, 0.2) is 0 Å². The molecule has 2 rings (SSSR count). The summed E-state index contributed by atoms with van der Waals surface area (Å²) in [6.07, 6.45) is 1.70. The molecule has 2 heterocycles. The smallest absolute Gasteiger partial charge is 0.254 e. The fourth-order valence-electron chi connectivity index (χ4n) is 1.74. The van der Waals surface area contributed by atoms with Gasteiger partial charge in [-0.1, -0.05) is 0 Å². The topological polar surface area (TPSA) is 45.2 Å². The van der Waals surface area contributed by atoms with E-state index in [-0.39, 0.29) is 5.91 Å². The summed E-state index contributed by atoms with van der Waals surface area (Å²) in [6, 6.07) is 5.63. The van der Waals surface area contributed by atoms with Crippen LogP contribution in [-0.2, 0) is 6.54 Å². The van der Waals surface area contributed by atoms with Crippen LogP contribution < -0.4 is 10.2 Å². The lowest BCUT2D eigenvalue weighted by Crippen LogP contribution is -2.25. The number of carbonyl (C=O) groups is 1. The molecule has 0 aliphatic heterocycles. The van der Waals surface area contributed by atoms with E-state index in [1.807, 2.05) is 17.3 Å². The maximum atomic E-state index is 11.8. The highest BCUT2D eigenvalue weighted by atomic mass is 32.1. The van der Waals surface area contributed by atoms with E-state index < -0.39 is 0 Å². The highest BCUT2D eigenvalue weighted by Crippen LogP contribution is 2.18. The van der Waals surface area contributed by atoms with E-state index in [2.05, 4.69) is 21.7 Å². The van der Waals surface area contributed by atoms with Crippen molar-refractivity contribution in [2.45, 2.75) is 6.54 Å². The summed E-state index contributed by atoms with van der Waals surface area (Å²) >= 11 is 1.67. The second kappa shape index (κ2) is 5.64. The van der Waals surface area contributed by atoms with Gasteiger partial charge in [0.1, 0.15) is 5.82 Å². The van der Waals surface area contributed by atoms with Crippen LogP contribution >= 0.6 is 11.3 Å². The second-order valence-corrected chi connectivity index (χ2v) is 4.72. The molecule has 94 valence electrons. The first-order valence-electron chi connectivity index (χ1n) is 5.61. The molecule has 1 N–H and O–H groups in total. The minimum Gasteiger partial charge on any atom is -0.355 e. The quantitative estimate of drug-likeness (QED) is 0.917. The van der Waals surface area contributed by atoms with Crippen LogP contribution in [0.2, 0.25) is 0 Å². The number of rotatable bonds is 4. The second-order valence-electron chi connectivity index (χ2n) is 3.94. The van der Waals surface area contributed by atoms with E-state index in [0.29, 0.717) is 11.4 Å². The van der Waals surface area contributed by atoms with Gasteiger partial charge in [0.25, 0.3) is 5.91 Å². The molecule has 0 aliphatic carbocycles. The van der Waals surface area contributed by atoms with Crippen molar-refractivity contribution in [3.05, 3.63) is 46.3 Å². The van der Waals surface area contributed by atoms with Gasteiger partial charge in [0, 0.05) is 26.8 Å². The molecule has 0 spiro atoms. The van der Waals surface area contributed by atoms with Gasteiger partial charge < -0.3 is 10.2 Å². The first-order valence-corrected chi connectivity index (χ1v) is 6.56. The van der Waals surface area contributed by atoms with Crippen LogP contribution in [0, 0.1) is 0 Å². The Kier molecular flexibility index (Phi) is 3.94. The third kappa shape index (κ3) is 2.68. The highest BCUT2D eigenvalue weighted by molar-refractivity contribution is 7.07. The van der Waals surface area contributed by atoms with Crippen molar-refractivity contribution in [3.63, 3.8) is 0 Å². The number of nitrogens with zero attached hydrogens (tertiary/aromatic N) is 2. The van der Waals surface area contributed by atoms with Gasteiger partial charge in [0.2, 0.25) is 0 Å². The molecule has 0 saturated carbocycles. The van der Waals surface area contributed by atoms with E-state index >= 15 is 0 Å². The minimum absolute atomic E-state index is 0.115. The number of anilines is 1. The number of hydrogen-bond donors (Lipinski definition) is 1. The van der Waals surface area contributed by atoms with Crippen LogP contribution in [0.3, 0.4) is 0 Å². The maximum absolute atomic E-state index is 11.8. The summed E-state index contributed by atoms with van der Waals surface area (Å²) in [5.41, 5.74) is 1.81. The largest absolute Gasteiger partial charge is 0.355 e. The van der Waals surface area contributed by atoms with E-state index in [1.54, 1.807) is 36.7 Å². The fraction of sp³-hybridized carbons (Fsp3) is 0.231. The number of aromatic nitrogens is 1. The molecule has 18 heavy (non-hydrogen) atoms. The Morgan fingerprint density at radius 2 is 2.33 bits per heavy atom. The van der Waals surface area contributed by atoms with Crippen molar-refractivity contribution < 1.29 is 4.79 Å². The molecule has 1 amide bonds. The van der Waals surface area contributed by atoms with Crippen LogP contribution in [0.4, 0.5) is 5.82 Å². The molecule has 0 fully saturated rings. The molecule has 0 radical (unpaired) electrons. The lowest BCUT2D eigenvalue weighted by molar-refractivity contribution is 0.0963. The standard InChI is InChI=1S/C13H15N3OS/c1-14-13(17)11-4-3-6-15-12(11)16(2)8-10-5-7-18-9-10/h3-7,9H,8H2,1-2H3,(H,14,17). The van der Waals surface area contributed by atoms with Crippen molar-refractivity contribution in [1.29, 1.82) is 0 Å². The van der Waals surface area contributed by atoms with Gasteiger partial charge in [0.05, 0.1) is 5.56 Å². The monoisotopic (exact) mass is 261 g/mol. The first-order chi connectivity index (χ1) is 8.72. The lowest BCUT2D eigenvalue weighted by Gasteiger charge is -2.19. The lowest BCUT2D eigenvalue weighted by atomic mass is 10.2. The maximum Gasteiger partial charge on any atom is 0.254 e. The van der Waals surface area contributed by atoms with Gasteiger partial charge >= 0.3 is 0 Å². The van der Waals surface area contributed by atoms with Crippen molar-refractivity contribution in [2.75, 3.05) is 19.0 Å². The van der Waals surface area contributed by atoms with Crippen LogP contribution in [0.5, 0.6) is 0 Å². The molecular formula is C13H15N3OS. The Bertz CT molecular complexity index is 525. The fourth-order valence-corrected chi connectivity index (χ4v) is 2.40. The molecule has 5 heteroatoms. The predicted molar refractivity (Wildman–Crippen MR) is 74.1 cm³/mol. The molecular weight excluding hydrogens is 246 g/mol. The zero-order valence-corrected chi connectivity index (χ0v) is 11.2. The third-order valence-electron chi connectivity index (χ3n) is 2.62. The Morgan fingerprint density at radius 1 is 1.50 bits per heavy atom. The normalized spacial score (nSPS) is 10.1. The van der Waals surface area contributed by atoms with Crippen molar-refractivity contribution in [3.8, 4) is 0 Å². The number of carbonyl (C=O) groups excluding carboxylic acids is 1. The molecule has 0 aromatic carbocycles. The van der Waals surface area contributed by atoms with Gasteiger partial charge in [-0.3, -0.25) is 4.79 Å². The zero-order valence-electron chi connectivity index (χ0n) is 10.4. The summed E-state index contributed by atoms with van der Waals surface area (Å²) < 4.78 is 0. The van der Waals surface area contributed by atoms with E-state index in [1.165, 1.54) is 5.56 Å². The number of pyridine rings is 1. The summed E-state index contributed by atoms with van der Waals surface area (Å²) in [4.78, 5) is 18.0. The zero-order chi connectivity index (χ0) is 13.0. The average molecular weight is 261 g/mol. The summed E-state index contributed by atoms with van der Waals surface area (Å²) in [5, 5.41) is 6.77. The highest BCUT2D eigenvalue weighted by Gasteiger charge is 2.14. The molecule has 0 bridgehead atoms. The van der Waals surface area contributed by atoms with E-state index in [9.17, 15) is 4.79 Å². The van der Waals surface area contributed by atoms with Crippen LogP contribution in [-0.4, -0.2) is 25.0 Å². The summed E-state index contributed by atoms with van der Waals surface area (Å²) in [7, 11) is 3.56. The number of amides is 1. The summed E-state index contributed by atoms with van der Waals surface area (Å²) in [5.74, 6) is 0.582. The number of nitrogens with one attached hydrogen (secondary N) is 1. The molecule has 0 unspecified atom stereocenters. The number of thiophene rings is 1. The van der Waals surface area contributed by atoms with E-state index in [0.717, 1.165) is 6.54 Å². The van der Waals surface area contributed by atoms with Crippen LogP contribution in [0.15, 0.2) is 35.2 Å². The van der Waals surface area contributed by atoms with Crippen LogP contribution in [0.1, 0.15) is 15.9 Å². The first kappa shape index (κ1) is 12.6. The van der Waals surface area contributed by atoms with Gasteiger partial charge in [-0.25, -0.2) is 4.98 Å². The molecule has 0 aliphatic rings. The van der Waals surface area contributed by atoms with Gasteiger partial charge in [-0.05, 0) is 34.5 Å². The molecule has 4 nitrogen and oxygen atoms in total. The van der Waals surface area contributed by atoms with Gasteiger partial charge in [-0.15, -0.1) is 0 Å². The minimum atomic E-state index is -0.115. The Balaban J connectivity index is 2.24. The van der Waals surface area contributed by atoms with Crippen molar-refractivity contribution >= 4 is 23.1 Å². The van der Waals surface area contributed by atoms with Gasteiger partial charge in [-0.2, -0.15) is 11.3 Å². The van der Waals surface area contributed by atoms with E-state index in [4.69, 9.17) is 0 Å². The van der Waals surface area contributed by atoms with Crippen molar-refractivity contribution in [1.82, 2.24) is 10.3 Å². The number of hydrogen-bond acceptors (Lipinski definition) is 4. The average Bonchev–Trinajstić information content (AvgIpc) is 2.90. The Hall–Kier alpha value is -1.88. The Labute approximate surface area is 110 Å². The SMILES string of the molecule is CNC(=O)c1cccnc1N(C)Cc1ccsc1. The Morgan fingerprint density at radius 3 is 3.00 bits per heavy atom. The molecule has 0 saturated heterocycles. The predicted octanol–water partition coefficient (Wildman–Crippen LogP) is 2.14. The van der Waals surface area contributed by atoms with Crippen LogP contribution in [0.25, 0.3) is 0 Å². The molecule has 0 atom stereocenters.